The fraction of sp³-hybridized carbons (Fsp3) is 0.222. The molecule has 0 aliphatic carbocycles. The molecular formula is C18H18N4O3S. The van der Waals surface area contributed by atoms with Crippen molar-refractivity contribution in [1.29, 1.82) is 0 Å². The Kier molecular flexibility index (Phi) is 4.21. The van der Waals surface area contributed by atoms with Crippen molar-refractivity contribution in [2.24, 2.45) is 0 Å². The van der Waals surface area contributed by atoms with E-state index in [2.05, 4.69) is 15.0 Å². The summed E-state index contributed by atoms with van der Waals surface area (Å²) in [4.78, 5) is 16.4. The molecule has 26 heavy (non-hydrogen) atoms. The van der Waals surface area contributed by atoms with Crippen LogP contribution >= 0.6 is 0 Å². The third-order valence-corrected chi connectivity index (χ3v) is 5.87. The lowest BCUT2D eigenvalue weighted by atomic mass is 10.2. The van der Waals surface area contributed by atoms with Crippen molar-refractivity contribution < 1.29 is 13.2 Å². The van der Waals surface area contributed by atoms with Crippen molar-refractivity contribution in [3.8, 4) is 5.69 Å². The van der Waals surface area contributed by atoms with Gasteiger partial charge in [0.1, 0.15) is 12.4 Å². The lowest BCUT2D eigenvalue weighted by Gasteiger charge is -2.11. The largest absolute Gasteiger partial charge is 0.351 e. The SMILES string of the molecule is O=C(NCc1ccc(-n2cnc3ccccc32)cc1)C1CCS(=O)(=O)N1. The molecule has 0 saturated carbocycles. The van der Waals surface area contributed by atoms with E-state index < -0.39 is 16.1 Å². The number of imidazole rings is 1. The molecule has 1 saturated heterocycles. The van der Waals surface area contributed by atoms with E-state index in [0.717, 1.165) is 22.3 Å². The average Bonchev–Trinajstić information content (AvgIpc) is 3.23. The molecule has 0 spiro atoms. The second kappa shape index (κ2) is 6.54. The van der Waals surface area contributed by atoms with Crippen molar-refractivity contribution in [3.05, 3.63) is 60.4 Å². The van der Waals surface area contributed by atoms with Gasteiger partial charge in [-0.3, -0.25) is 9.36 Å². The number of carbonyl (C=O) groups excluding carboxylic acids is 1. The summed E-state index contributed by atoms with van der Waals surface area (Å²) in [7, 11) is -3.29. The Morgan fingerprint density at radius 2 is 1.96 bits per heavy atom. The van der Waals surface area contributed by atoms with Crippen LogP contribution in [0, 0.1) is 0 Å². The van der Waals surface area contributed by atoms with E-state index in [9.17, 15) is 13.2 Å². The molecule has 1 unspecified atom stereocenters. The van der Waals surface area contributed by atoms with Gasteiger partial charge >= 0.3 is 0 Å². The number of carbonyl (C=O) groups is 1. The third-order valence-electron chi connectivity index (χ3n) is 4.45. The summed E-state index contributed by atoms with van der Waals surface area (Å²) >= 11 is 0. The molecule has 0 bridgehead atoms. The van der Waals surface area contributed by atoms with Crippen LogP contribution in [0.2, 0.25) is 0 Å². The van der Waals surface area contributed by atoms with Crippen molar-refractivity contribution in [1.82, 2.24) is 19.6 Å². The molecule has 1 atom stereocenters. The number of nitrogens with zero attached hydrogens (tertiary/aromatic N) is 2. The fourth-order valence-corrected chi connectivity index (χ4v) is 4.37. The number of fused-ring (bicyclic) bond motifs is 1. The molecule has 1 aliphatic heterocycles. The highest BCUT2D eigenvalue weighted by Crippen LogP contribution is 2.18. The summed E-state index contributed by atoms with van der Waals surface area (Å²) in [5, 5.41) is 2.78. The zero-order valence-electron chi connectivity index (χ0n) is 13.9. The predicted octanol–water partition coefficient (Wildman–Crippen LogP) is 1.33. The van der Waals surface area contributed by atoms with E-state index in [0.29, 0.717) is 13.0 Å². The molecule has 4 rings (SSSR count). The minimum Gasteiger partial charge on any atom is -0.351 e. The zero-order valence-corrected chi connectivity index (χ0v) is 14.7. The Hall–Kier alpha value is -2.71. The van der Waals surface area contributed by atoms with Gasteiger partial charge in [-0.1, -0.05) is 24.3 Å². The first-order chi connectivity index (χ1) is 12.5. The van der Waals surface area contributed by atoms with Gasteiger partial charge < -0.3 is 5.32 Å². The lowest BCUT2D eigenvalue weighted by molar-refractivity contribution is -0.122. The first-order valence-corrected chi connectivity index (χ1v) is 9.96. The highest BCUT2D eigenvalue weighted by Gasteiger charge is 2.31. The average molecular weight is 370 g/mol. The quantitative estimate of drug-likeness (QED) is 0.725. The van der Waals surface area contributed by atoms with E-state index in [4.69, 9.17) is 0 Å². The standard InChI is InChI=1S/C18H18N4O3S/c23-18(16-9-10-26(24,25)21-16)19-11-13-5-7-14(8-6-13)22-12-20-15-3-1-2-4-17(15)22/h1-8,12,16,21H,9-11H2,(H,19,23). The highest BCUT2D eigenvalue weighted by atomic mass is 32.2. The Bertz CT molecular complexity index is 1060. The Balaban J connectivity index is 1.43. The number of hydrogen-bond donors (Lipinski definition) is 2. The van der Waals surface area contributed by atoms with Crippen LogP contribution in [0.25, 0.3) is 16.7 Å². The summed E-state index contributed by atoms with van der Waals surface area (Å²) < 4.78 is 27.1. The topological polar surface area (TPSA) is 93.1 Å². The number of amides is 1. The number of aromatic nitrogens is 2. The molecule has 2 N–H and O–H groups in total. The van der Waals surface area contributed by atoms with Gasteiger partial charge in [0.15, 0.2) is 0 Å². The maximum atomic E-state index is 12.1. The molecule has 1 amide bonds. The van der Waals surface area contributed by atoms with Gasteiger partial charge in [-0.2, -0.15) is 0 Å². The van der Waals surface area contributed by atoms with Crippen molar-refractivity contribution >= 4 is 27.0 Å². The molecule has 7 nitrogen and oxygen atoms in total. The zero-order chi connectivity index (χ0) is 18.1. The monoisotopic (exact) mass is 370 g/mol. The normalized spacial score (nSPS) is 18.8. The van der Waals surface area contributed by atoms with Gasteiger partial charge in [0.05, 0.1) is 16.8 Å². The van der Waals surface area contributed by atoms with E-state index in [1.807, 2.05) is 53.1 Å². The summed E-state index contributed by atoms with van der Waals surface area (Å²) in [5.74, 6) is -0.297. The fourth-order valence-electron chi connectivity index (χ4n) is 3.04. The smallest absolute Gasteiger partial charge is 0.238 e. The van der Waals surface area contributed by atoms with Crippen molar-refractivity contribution in [2.75, 3.05) is 5.75 Å². The number of benzene rings is 2. The summed E-state index contributed by atoms with van der Waals surface area (Å²) in [6.45, 7) is 0.349. The molecule has 2 aromatic carbocycles. The maximum absolute atomic E-state index is 12.1. The third kappa shape index (κ3) is 3.33. The molecule has 1 aliphatic rings. The second-order valence-electron chi connectivity index (χ2n) is 6.27. The highest BCUT2D eigenvalue weighted by molar-refractivity contribution is 7.89. The lowest BCUT2D eigenvalue weighted by Crippen LogP contribution is -2.41. The van der Waals surface area contributed by atoms with Crippen LogP contribution in [0.4, 0.5) is 0 Å². The van der Waals surface area contributed by atoms with Crippen LogP contribution in [0.5, 0.6) is 0 Å². The molecule has 1 aromatic heterocycles. The minimum absolute atomic E-state index is 0.00134. The van der Waals surface area contributed by atoms with Gasteiger partial charge in [-0.25, -0.2) is 18.1 Å². The van der Waals surface area contributed by atoms with Crippen LogP contribution in [0.3, 0.4) is 0 Å². The van der Waals surface area contributed by atoms with Gasteiger partial charge in [-0.15, -0.1) is 0 Å². The van der Waals surface area contributed by atoms with Gasteiger partial charge in [0.2, 0.25) is 15.9 Å². The Morgan fingerprint density at radius 3 is 2.69 bits per heavy atom. The molecule has 3 aromatic rings. The van der Waals surface area contributed by atoms with Crippen LogP contribution in [-0.2, 0) is 21.4 Å². The minimum atomic E-state index is -3.29. The van der Waals surface area contributed by atoms with Gasteiger partial charge in [0, 0.05) is 12.2 Å². The molecule has 8 heteroatoms. The first-order valence-electron chi connectivity index (χ1n) is 8.31. The predicted molar refractivity (Wildman–Crippen MR) is 98.2 cm³/mol. The number of nitrogens with one attached hydrogen (secondary N) is 2. The first kappa shape index (κ1) is 16.7. The van der Waals surface area contributed by atoms with Crippen LogP contribution < -0.4 is 10.0 Å². The Morgan fingerprint density at radius 1 is 1.19 bits per heavy atom. The number of sulfonamides is 1. The van der Waals surface area contributed by atoms with Crippen LogP contribution in [-0.4, -0.2) is 35.7 Å². The number of hydrogen-bond acceptors (Lipinski definition) is 4. The van der Waals surface area contributed by atoms with E-state index in [-0.39, 0.29) is 11.7 Å². The molecular weight excluding hydrogens is 352 g/mol. The molecule has 134 valence electrons. The molecule has 1 fully saturated rings. The summed E-state index contributed by atoms with van der Waals surface area (Å²) in [5.41, 5.74) is 3.88. The van der Waals surface area contributed by atoms with E-state index in [1.165, 1.54) is 0 Å². The van der Waals surface area contributed by atoms with E-state index >= 15 is 0 Å². The van der Waals surface area contributed by atoms with Crippen molar-refractivity contribution in [2.45, 2.75) is 19.0 Å². The number of para-hydroxylation sites is 2. The van der Waals surface area contributed by atoms with Crippen LogP contribution in [0.1, 0.15) is 12.0 Å². The summed E-state index contributed by atoms with van der Waals surface area (Å²) in [6, 6.07) is 15.0. The Labute approximate surface area is 151 Å². The van der Waals surface area contributed by atoms with Crippen molar-refractivity contribution in [3.63, 3.8) is 0 Å². The van der Waals surface area contributed by atoms with Gasteiger partial charge in [0.25, 0.3) is 0 Å². The number of rotatable bonds is 4. The van der Waals surface area contributed by atoms with E-state index in [1.54, 1.807) is 6.33 Å². The van der Waals surface area contributed by atoms with Gasteiger partial charge in [-0.05, 0) is 36.2 Å². The summed E-state index contributed by atoms with van der Waals surface area (Å²) in [6.07, 6.45) is 2.09. The maximum Gasteiger partial charge on any atom is 0.238 e. The second-order valence-corrected chi connectivity index (χ2v) is 8.14. The van der Waals surface area contributed by atoms with Crippen LogP contribution in [0.15, 0.2) is 54.9 Å². The molecule has 0 radical (unpaired) electrons. The molecule has 2 heterocycles.